The summed E-state index contributed by atoms with van der Waals surface area (Å²) in [5, 5.41) is 7.14. The van der Waals surface area contributed by atoms with Crippen molar-refractivity contribution >= 4 is 80.9 Å². The Kier molecular flexibility index (Phi) is 17.2. The van der Waals surface area contributed by atoms with Crippen molar-refractivity contribution in [2.24, 2.45) is 0 Å². The number of carbonyl (C=O) groups is 6. The van der Waals surface area contributed by atoms with Crippen molar-refractivity contribution < 1.29 is 57.2 Å². The molecule has 4 amide bonds. The van der Waals surface area contributed by atoms with Gasteiger partial charge in [-0.1, -0.05) is 84.9 Å². The molecule has 12 rings (SSSR count). The monoisotopic (exact) mass is 1200 g/mol. The summed E-state index contributed by atoms with van der Waals surface area (Å²) in [6.45, 7) is -0.567. The Morgan fingerprint density at radius 3 is 1.59 bits per heavy atom. The molecule has 24 heteroatoms. The number of nitrogens with one attached hydrogen (secondary N) is 4. The van der Waals surface area contributed by atoms with Gasteiger partial charge >= 0.3 is 11.9 Å². The van der Waals surface area contributed by atoms with Crippen molar-refractivity contribution in [1.29, 1.82) is 0 Å². The minimum atomic E-state index is -1.02. The minimum Gasteiger partial charge on any atom is -0.488 e. The van der Waals surface area contributed by atoms with E-state index in [0.29, 0.717) is 84.5 Å². The van der Waals surface area contributed by atoms with Gasteiger partial charge in [-0.25, -0.2) is 19.6 Å². The van der Waals surface area contributed by atoms with E-state index in [-0.39, 0.29) is 43.2 Å². The Labute approximate surface area is 497 Å². The number of ether oxygens (including phenoxy) is 6. The molecule has 0 spiro atoms. The SMILES string of the molecule is COC(=O)C1=C(COc2ccccc2-c2nc3ccccc3c(=O)[nH]2)CSC2C(NC(=O)COc3ccccc3)C(=O)N12.COC(=O)C1C(COc2ccccc2-c2nc3ccccc3c(=O)[nH]2)=CSC2C(NC(=O)COc3ccccc3)C(=O)N12. The molecule has 4 aliphatic rings. The maximum Gasteiger partial charge on any atom is 0.354 e. The number of carbonyl (C=O) groups excluding carboxylic acids is 6. The van der Waals surface area contributed by atoms with Gasteiger partial charge in [0.25, 0.3) is 28.8 Å². The highest BCUT2D eigenvalue weighted by molar-refractivity contribution is 8.03. The summed E-state index contributed by atoms with van der Waals surface area (Å²) in [4.78, 5) is 120. The summed E-state index contributed by atoms with van der Waals surface area (Å²) in [5.74, 6) is -0.0716. The third-order valence-corrected chi connectivity index (χ3v) is 16.6. The fourth-order valence-electron chi connectivity index (χ4n) is 9.90. The maximum atomic E-state index is 13.2. The number of aromatic amines is 2. The molecule has 22 nitrogen and oxygen atoms in total. The number of aromatic nitrogens is 4. The molecule has 2 saturated heterocycles. The van der Waals surface area contributed by atoms with Gasteiger partial charge in [-0.15, -0.1) is 23.5 Å². The number of esters is 2. The van der Waals surface area contributed by atoms with Crippen molar-refractivity contribution in [2.45, 2.75) is 28.9 Å². The number of amides is 4. The number of benzene rings is 6. The lowest BCUT2D eigenvalue weighted by Gasteiger charge is -2.51. The van der Waals surface area contributed by atoms with Crippen LogP contribution in [0.3, 0.4) is 0 Å². The summed E-state index contributed by atoms with van der Waals surface area (Å²) >= 11 is 2.70. The Balaban J connectivity index is 0.000000179. The van der Waals surface area contributed by atoms with Gasteiger partial charge in [0.1, 0.15) is 76.4 Å². The second kappa shape index (κ2) is 25.7. The second-order valence-corrected chi connectivity index (χ2v) is 21.6. The van der Waals surface area contributed by atoms with Crippen LogP contribution in [0.1, 0.15) is 0 Å². The van der Waals surface area contributed by atoms with Gasteiger partial charge in [0.15, 0.2) is 19.3 Å². The molecule has 6 heterocycles. The van der Waals surface area contributed by atoms with E-state index in [4.69, 9.17) is 28.4 Å². The smallest absolute Gasteiger partial charge is 0.354 e. The number of thioether (sulfide) groups is 2. The molecule has 436 valence electrons. The molecule has 4 N–H and O–H groups in total. The molecule has 86 heavy (non-hydrogen) atoms. The topological polar surface area (TPSA) is 280 Å². The largest absolute Gasteiger partial charge is 0.488 e. The molecule has 0 bridgehead atoms. The number of methoxy groups -OCH3 is 2. The van der Waals surface area contributed by atoms with Crippen molar-refractivity contribution in [3.05, 3.63) is 201 Å². The van der Waals surface area contributed by atoms with Gasteiger partial charge in [-0.3, -0.25) is 33.7 Å². The van der Waals surface area contributed by atoms with Gasteiger partial charge in [0, 0.05) is 16.9 Å². The number of nitrogens with zero attached hydrogens (tertiary/aromatic N) is 4. The first-order chi connectivity index (χ1) is 41.9. The molecule has 2 fully saturated rings. The molecule has 8 aromatic rings. The quantitative estimate of drug-likeness (QED) is 0.0588. The predicted octanol–water partition coefficient (Wildman–Crippen LogP) is 5.75. The average molecular weight is 1200 g/mol. The number of hydrogen-bond donors (Lipinski definition) is 4. The Hall–Kier alpha value is -10.2. The first-order valence-corrected chi connectivity index (χ1v) is 28.7. The van der Waals surface area contributed by atoms with Crippen molar-refractivity contribution in [3.8, 4) is 45.8 Å². The van der Waals surface area contributed by atoms with Crippen molar-refractivity contribution in [2.75, 3.05) is 46.4 Å². The zero-order chi connectivity index (χ0) is 59.8. The van der Waals surface area contributed by atoms with Gasteiger partial charge in [0.05, 0.1) is 47.2 Å². The predicted molar refractivity (Wildman–Crippen MR) is 319 cm³/mol. The third-order valence-electron chi connectivity index (χ3n) is 14.1. The highest BCUT2D eigenvalue weighted by atomic mass is 32.2. The molecule has 0 radical (unpaired) electrons. The second-order valence-electron chi connectivity index (χ2n) is 19.5. The van der Waals surface area contributed by atoms with Gasteiger partial charge in [0.2, 0.25) is 5.91 Å². The van der Waals surface area contributed by atoms with Crippen LogP contribution in [-0.4, -0.2) is 141 Å². The van der Waals surface area contributed by atoms with Crippen LogP contribution in [-0.2, 0) is 38.2 Å². The van der Waals surface area contributed by atoms with Crippen LogP contribution in [0.15, 0.2) is 190 Å². The fraction of sp³-hybridized carbons (Fsp3) is 0.194. The number of fused-ring (bicyclic) bond motifs is 4. The summed E-state index contributed by atoms with van der Waals surface area (Å²) in [6.07, 6.45) is 0. The number of para-hydroxylation sites is 6. The molecule has 2 aromatic heterocycles. The first kappa shape index (κ1) is 57.6. The van der Waals surface area contributed by atoms with E-state index in [0.717, 1.165) is 0 Å². The van der Waals surface area contributed by atoms with Crippen LogP contribution >= 0.6 is 23.5 Å². The average Bonchev–Trinajstić information content (AvgIpc) is 0.941. The van der Waals surface area contributed by atoms with Crippen molar-refractivity contribution in [1.82, 2.24) is 40.4 Å². The Morgan fingerprint density at radius 1 is 0.570 bits per heavy atom. The highest BCUT2D eigenvalue weighted by Crippen LogP contribution is 2.43. The van der Waals surface area contributed by atoms with Crippen molar-refractivity contribution in [3.63, 3.8) is 0 Å². The van der Waals surface area contributed by atoms with Crippen LogP contribution in [0, 0.1) is 0 Å². The number of hydrogen-bond acceptors (Lipinski definition) is 18. The van der Waals surface area contributed by atoms with Crippen LogP contribution < -0.4 is 40.7 Å². The van der Waals surface area contributed by atoms with E-state index in [9.17, 15) is 38.4 Å². The zero-order valence-corrected chi connectivity index (χ0v) is 47.5. The van der Waals surface area contributed by atoms with E-state index < -0.39 is 64.4 Å². The molecular formula is C62H52N8O14S2. The van der Waals surface area contributed by atoms with E-state index in [1.165, 1.54) is 47.5 Å². The van der Waals surface area contributed by atoms with Gasteiger partial charge in [-0.2, -0.15) is 0 Å². The number of β-lactam (4-membered cyclic amide) rings is 2. The molecule has 6 aromatic carbocycles. The fourth-order valence-corrected chi connectivity index (χ4v) is 12.4. The normalized spacial score (nSPS) is 18.3. The van der Waals surface area contributed by atoms with Crippen LogP contribution in [0.2, 0.25) is 0 Å². The standard InChI is InChI=1S/2C31H26N4O7S/c2*1-40-31(39)26-18(17-43-30-25(29(38)35(26)30)33-24(36)16-41-19-9-3-2-4-10-19)15-42-23-14-8-6-12-21(23)27-32-22-13-7-5-11-20(22)28(37)34-27/h2-14,25,30H,15-17H2,1H3,(H,33,36)(H,32,34,37);2-14,17,25-26,30H,15-16H2,1H3,(H,33,36)(H,32,34,37). The summed E-state index contributed by atoms with van der Waals surface area (Å²) < 4.78 is 33.3. The first-order valence-electron chi connectivity index (χ1n) is 26.8. The lowest BCUT2D eigenvalue weighted by molar-refractivity contribution is -0.162. The van der Waals surface area contributed by atoms with Crippen LogP contribution in [0.4, 0.5) is 0 Å². The third kappa shape index (κ3) is 12.1. The number of H-pyrrole nitrogens is 2. The van der Waals surface area contributed by atoms with E-state index >= 15 is 0 Å². The summed E-state index contributed by atoms with van der Waals surface area (Å²) in [7, 11) is 2.49. The van der Waals surface area contributed by atoms with Crippen LogP contribution in [0.25, 0.3) is 44.6 Å². The van der Waals surface area contributed by atoms with E-state index in [1.54, 1.807) is 151 Å². The molecular weight excluding hydrogens is 1140 g/mol. The van der Waals surface area contributed by atoms with Gasteiger partial charge in [-0.05, 0) is 78.2 Å². The Bertz CT molecular complexity index is 4070. The molecule has 5 unspecified atom stereocenters. The molecule has 0 saturated carbocycles. The lowest BCUT2D eigenvalue weighted by Crippen LogP contribution is -2.74. The van der Waals surface area contributed by atoms with Crippen LogP contribution in [0.5, 0.6) is 23.0 Å². The number of rotatable bonds is 18. The lowest BCUT2D eigenvalue weighted by atomic mass is 9.98. The van der Waals surface area contributed by atoms with E-state index in [1.807, 2.05) is 12.1 Å². The minimum absolute atomic E-state index is 0.0231. The molecule has 5 atom stereocenters. The zero-order valence-electron chi connectivity index (χ0n) is 45.8. The molecule has 0 aliphatic carbocycles. The maximum absolute atomic E-state index is 13.2. The summed E-state index contributed by atoms with van der Waals surface area (Å²) in [6, 6.07) is 43.4. The Morgan fingerprint density at radius 2 is 1.06 bits per heavy atom. The summed E-state index contributed by atoms with van der Waals surface area (Å²) in [5.41, 5.74) is 2.82. The van der Waals surface area contributed by atoms with E-state index in [2.05, 4.69) is 30.6 Å². The highest BCUT2D eigenvalue weighted by Gasteiger charge is 2.57. The molecule has 4 aliphatic heterocycles. The van der Waals surface area contributed by atoms with Gasteiger partial charge < -0.3 is 53.9 Å².